The van der Waals surface area contributed by atoms with Crippen molar-refractivity contribution in [3.05, 3.63) is 72.1 Å². The van der Waals surface area contributed by atoms with Crippen LogP contribution in [0.2, 0.25) is 0 Å². The molecule has 6 rings (SSSR count). The summed E-state index contributed by atoms with van der Waals surface area (Å²) in [4.78, 5) is 50.5. The average molecular weight is 916 g/mol. The Morgan fingerprint density at radius 2 is 1.33 bits per heavy atom. The average Bonchev–Trinajstić information content (AvgIpc) is 4.00. The minimum atomic E-state index is -1.09. The summed E-state index contributed by atoms with van der Waals surface area (Å²) < 4.78 is 11.2. The van der Waals surface area contributed by atoms with Gasteiger partial charge in [-0.1, -0.05) is 161 Å². The van der Waals surface area contributed by atoms with E-state index in [1.807, 2.05) is 32.1 Å². The SMILES string of the molecule is CCC1/C2=C/c3[n-]c4c(c3C)=C(O)C(C(=O)OC)C=4C3[N-]/C(=C\c4[n-]c(c(C(C)=O)c4C)/C=C(\[N-]2)C1C)C(C)C3CCC(=O)OCCC(C)CCCC(C)CCCC(C)CCCC(C)C.[Mg+2]. The quantitative estimate of drug-likeness (QED) is 0.0740. The molecular weight excluding hydrogens is 837 g/mol. The van der Waals surface area contributed by atoms with Gasteiger partial charge in [-0.3, -0.25) is 14.4 Å². The van der Waals surface area contributed by atoms with Gasteiger partial charge in [0.1, 0.15) is 11.7 Å². The van der Waals surface area contributed by atoms with E-state index in [1.54, 1.807) is 6.92 Å². The Hall–Kier alpha value is -3.70. The van der Waals surface area contributed by atoms with Gasteiger partial charge in [0.2, 0.25) is 0 Å². The van der Waals surface area contributed by atoms with Gasteiger partial charge in [-0.25, -0.2) is 0 Å². The molecule has 66 heavy (non-hydrogen) atoms. The van der Waals surface area contributed by atoms with E-state index in [9.17, 15) is 19.5 Å². The Kier molecular flexibility index (Phi) is 19.0. The molecular formula is C55H78MgN4O6-2. The maximum absolute atomic E-state index is 13.7. The molecule has 9 unspecified atom stereocenters. The number of hydrogen-bond acceptors (Lipinski definition) is 6. The van der Waals surface area contributed by atoms with Gasteiger partial charge in [0.25, 0.3) is 0 Å². The number of carbonyl (C=O) groups is 3. The van der Waals surface area contributed by atoms with Crippen LogP contribution in [0.3, 0.4) is 0 Å². The minimum Gasteiger partial charge on any atom is -0.681 e. The van der Waals surface area contributed by atoms with Gasteiger partial charge in [-0.15, -0.1) is 22.4 Å². The summed E-state index contributed by atoms with van der Waals surface area (Å²) in [6.07, 6.45) is 19.8. The molecule has 0 radical (unpaired) electrons. The summed E-state index contributed by atoms with van der Waals surface area (Å²) in [6, 6.07) is -0.604. The zero-order valence-electron chi connectivity index (χ0n) is 42.4. The summed E-state index contributed by atoms with van der Waals surface area (Å²) >= 11 is 0. The predicted molar refractivity (Wildman–Crippen MR) is 268 cm³/mol. The molecule has 0 amide bonds. The van der Waals surface area contributed by atoms with Crippen molar-refractivity contribution in [2.24, 2.45) is 53.3 Å². The van der Waals surface area contributed by atoms with Gasteiger partial charge < -0.3 is 35.2 Å². The van der Waals surface area contributed by atoms with Crippen LogP contribution in [0, 0.1) is 67.1 Å². The van der Waals surface area contributed by atoms with E-state index >= 15 is 0 Å². The van der Waals surface area contributed by atoms with Gasteiger partial charge >= 0.3 is 35.0 Å². The predicted octanol–water partition coefficient (Wildman–Crippen LogP) is 11.2. The van der Waals surface area contributed by atoms with Crippen LogP contribution in [0.15, 0.2) is 17.1 Å². The normalized spacial score (nSPS) is 25.7. The second-order valence-electron chi connectivity index (χ2n) is 20.8. The molecule has 358 valence electrons. The molecule has 0 saturated carbocycles. The number of rotatable bonds is 21. The van der Waals surface area contributed by atoms with E-state index < -0.39 is 17.9 Å². The smallest absolute Gasteiger partial charge is 0.681 e. The van der Waals surface area contributed by atoms with Crippen molar-refractivity contribution in [2.45, 2.75) is 166 Å². The molecule has 5 heterocycles. The van der Waals surface area contributed by atoms with Crippen molar-refractivity contribution >= 4 is 70.3 Å². The Balaban J connectivity index is 0.00000817. The summed E-state index contributed by atoms with van der Waals surface area (Å²) in [5.74, 6) is 0.498. The number of methoxy groups -OCH3 is 1. The molecule has 2 aromatic rings. The number of esters is 2. The number of aliphatic hydroxyl groups excluding tert-OH is 1. The summed E-state index contributed by atoms with van der Waals surface area (Å²) in [6.45, 7) is 23.9. The first-order valence-electron chi connectivity index (χ1n) is 25.0. The Bertz CT molecular complexity index is 2280. The molecule has 0 aromatic carbocycles. The Morgan fingerprint density at radius 1 is 0.758 bits per heavy atom. The van der Waals surface area contributed by atoms with E-state index in [4.69, 9.17) is 30.1 Å². The number of ether oxygens (including phenoxy) is 2. The van der Waals surface area contributed by atoms with Crippen molar-refractivity contribution in [2.75, 3.05) is 13.7 Å². The monoisotopic (exact) mass is 915 g/mol. The number of aliphatic hydroxyl groups is 1. The maximum Gasteiger partial charge on any atom is 2.00 e. The fourth-order valence-corrected chi connectivity index (χ4v) is 11.1. The van der Waals surface area contributed by atoms with E-state index in [2.05, 4.69) is 55.4 Å². The molecule has 8 bridgehead atoms. The number of ketones is 1. The van der Waals surface area contributed by atoms with Crippen LogP contribution in [0.5, 0.6) is 0 Å². The van der Waals surface area contributed by atoms with E-state index in [1.165, 1.54) is 58.5 Å². The third-order valence-corrected chi connectivity index (χ3v) is 15.3. The van der Waals surface area contributed by atoms with Crippen molar-refractivity contribution in [3.8, 4) is 0 Å². The maximum atomic E-state index is 13.7. The number of aromatic nitrogens is 2. The molecule has 9 atom stereocenters. The fourth-order valence-electron chi connectivity index (χ4n) is 11.1. The van der Waals surface area contributed by atoms with Crippen LogP contribution in [0.1, 0.15) is 184 Å². The second kappa shape index (κ2) is 23.5. The fraction of sp³-hybridized carbons (Fsp3) is 0.655. The molecule has 2 fully saturated rings. The van der Waals surface area contributed by atoms with Crippen LogP contribution in [0.25, 0.3) is 40.2 Å². The molecule has 1 N–H and O–H groups in total. The number of fused-ring (bicyclic) bond motifs is 8. The number of carbonyl (C=O) groups excluding carboxylic acids is 3. The first-order valence-corrected chi connectivity index (χ1v) is 25.0. The minimum absolute atomic E-state index is 0. The van der Waals surface area contributed by atoms with E-state index in [0.717, 1.165) is 65.2 Å². The molecule has 0 spiro atoms. The first kappa shape index (κ1) is 53.3. The molecule has 2 saturated heterocycles. The largest absolute Gasteiger partial charge is 2.00 e. The molecule has 11 heteroatoms. The Labute approximate surface area is 411 Å². The number of Topliss-reactive ketones (excluding diaryl/α,β-unsaturated/α-hetero) is 1. The summed E-state index contributed by atoms with van der Waals surface area (Å²) in [5, 5.41) is 23.4. The van der Waals surface area contributed by atoms with Crippen molar-refractivity contribution in [1.82, 2.24) is 9.97 Å². The zero-order chi connectivity index (χ0) is 47.3. The molecule has 1 aliphatic carbocycles. The molecule has 4 aliphatic rings. The van der Waals surface area contributed by atoms with Crippen molar-refractivity contribution in [3.63, 3.8) is 0 Å². The number of hydrogen-bond donors (Lipinski definition) is 1. The second-order valence-corrected chi connectivity index (χ2v) is 20.8. The van der Waals surface area contributed by atoms with Crippen LogP contribution in [0.4, 0.5) is 0 Å². The van der Waals surface area contributed by atoms with Gasteiger partial charge in [-0.05, 0) is 81.0 Å². The Morgan fingerprint density at radius 3 is 1.92 bits per heavy atom. The van der Waals surface area contributed by atoms with Crippen LogP contribution in [-0.4, -0.2) is 65.6 Å². The van der Waals surface area contributed by atoms with Crippen molar-refractivity contribution < 1.29 is 29.0 Å². The van der Waals surface area contributed by atoms with Crippen molar-refractivity contribution in [1.29, 1.82) is 0 Å². The zero-order valence-corrected chi connectivity index (χ0v) is 43.8. The van der Waals surface area contributed by atoms with Gasteiger partial charge in [0, 0.05) is 17.2 Å². The summed E-state index contributed by atoms with van der Waals surface area (Å²) in [5.41, 5.74) is 7.04. The van der Waals surface area contributed by atoms with Crippen LogP contribution >= 0.6 is 0 Å². The van der Waals surface area contributed by atoms with Gasteiger partial charge in [-0.2, -0.15) is 17.1 Å². The van der Waals surface area contributed by atoms with Crippen LogP contribution < -0.4 is 20.5 Å². The molecule has 3 aliphatic heterocycles. The third kappa shape index (κ3) is 11.9. The molecule has 10 nitrogen and oxygen atoms in total. The van der Waals surface area contributed by atoms with E-state index in [0.29, 0.717) is 57.7 Å². The molecule has 2 aromatic heterocycles. The number of nitrogens with zero attached hydrogens (tertiary/aromatic N) is 4. The third-order valence-electron chi connectivity index (χ3n) is 15.3. The topological polar surface area (TPSA) is 146 Å². The van der Waals surface area contributed by atoms with E-state index in [-0.39, 0.29) is 70.7 Å². The summed E-state index contributed by atoms with van der Waals surface area (Å²) in [7, 11) is 1.32. The first-order chi connectivity index (χ1) is 30.9. The number of allylic oxidation sites excluding steroid dienone is 3. The standard InChI is InChI=1S/C55H79N4O6.Mg/c1-13-39-34(7)41-29-46-48(38(11)60)36(9)43(57-46)27-42-35(8)40(52(58-42)50-51(55(63)64-12)54(62)49-37(10)44(59-53(49)50)28-45(39)56-41)23-24-47(61)65-26-25-33(6)22-16-21-32(5)20-15-19-31(4)18-14-17-30(2)3;/h27-35,39-40,51-52H,13-26H2,1-12H3,(H2-,56,57,60,62);/q-3;+2/p-1/b42-27-,45-28-;. The van der Waals surface area contributed by atoms with Gasteiger partial charge in [0.15, 0.2) is 5.78 Å². The van der Waals surface area contributed by atoms with Gasteiger partial charge in [0.05, 0.1) is 13.7 Å². The van der Waals surface area contributed by atoms with Crippen LogP contribution in [-0.2, 0) is 19.1 Å².